The van der Waals surface area contributed by atoms with Crippen molar-refractivity contribution in [2.24, 2.45) is 0 Å². The van der Waals surface area contributed by atoms with Crippen LogP contribution in [0.4, 0.5) is 0 Å². The standard InChI is InChI=1S/C11H12N2O2Se/c1-2-3-6-15-11(14)8-4-5-9-10(7-8)13-16-12-9/h4-5,7H,2-3,6H2,1H3. The van der Waals surface area contributed by atoms with Crippen LogP contribution in [-0.2, 0) is 4.74 Å². The van der Waals surface area contributed by atoms with Gasteiger partial charge in [0.15, 0.2) is 0 Å². The SMILES string of the molecule is CCCCOC(=O)c1ccc2n[se]nc2c1. The first kappa shape index (κ1) is 11.3. The number of hydrogen-bond donors (Lipinski definition) is 0. The first-order valence-electron chi connectivity index (χ1n) is 5.20. The predicted octanol–water partition coefficient (Wildman–Crippen LogP) is 1.64. The van der Waals surface area contributed by atoms with Crippen LogP contribution in [0.5, 0.6) is 0 Å². The molecule has 0 N–H and O–H groups in total. The molecular weight excluding hydrogens is 271 g/mol. The van der Waals surface area contributed by atoms with Gasteiger partial charge >= 0.3 is 99.6 Å². The van der Waals surface area contributed by atoms with Gasteiger partial charge in [0.2, 0.25) is 0 Å². The van der Waals surface area contributed by atoms with Gasteiger partial charge in [-0.3, -0.25) is 0 Å². The molecule has 4 nitrogen and oxygen atoms in total. The fourth-order valence-electron chi connectivity index (χ4n) is 1.30. The number of hydrogen-bond acceptors (Lipinski definition) is 4. The fraction of sp³-hybridized carbons (Fsp3) is 0.364. The van der Waals surface area contributed by atoms with Gasteiger partial charge in [0.05, 0.1) is 0 Å². The molecule has 0 aliphatic carbocycles. The van der Waals surface area contributed by atoms with E-state index < -0.39 is 0 Å². The molecule has 0 atom stereocenters. The summed E-state index contributed by atoms with van der Waals surface area (Å²) in [5, 5.41) is 0. The summed E-state index contributed by atoms with van der Waals surface area (Å²) < 4.78 is 13.6. The topological polar surface area (TPSA) is 52.1 Å². The van der Waals surface area contributed by atoms with Crippen LogP contribution in [0.25, 0.3) is 11.0 Å². The van der Waals surface area contributed by atoms with Crippen LogP contribution in [0.1, 0.15) is 30.1 Å². The minimum atomic E-state index is -0.272. The van der Waals surface area contributed by atoms with Crippen LogP contribution in [0.2, 0.25) is 0 Å². The molecule has 0 aliphatic heterocycles. The number of ether oxygens (including phenoxy) is 1. The van der Waals surface area contributed by atoms with E-state index in [1.54, 1.807) is 12.1 Å². The Morgan fingerprint density at radius 1 is 1.38 bits per heavy atom. The number of unbranched alkanes of at least 4 members (excludes halogenated alkanes) is 1. The van der Waals surface area contributed by atoms with Crippen molar-refractivity contribution in [3.63, 3.8) is 0 Å². The molecule has 0 saturated heterocycles. The van der Waals surface area contributed by atoms with Crippen molar-refractivity contribution in [2.75, 3.05) is 6.61 Å². The second-order valence-electron chi connectivity index (χ2n) is 3.46. The third-order valence-corrected chi connectivity index (χ3v) is 3.39. The van der Waals surface area contributed by atoms with E-state index in [4.69, 9.17) is 4.74 Å². The van der Waals surface area contributed by atoms with E-state index in [2.05, 4.69) is 14.9 Å². The third-order valence-electron chi connectivity index (χ3n) is 2.22. The van der Waals surface area contributed by atoms with Gasteiger partial charge in [0, 0.05) is 0 Å². The molecule has 0 saturated carbocycles. The van der Waals surface area contributed by atoms with E-state index in [1.807, 2.05) is 6.07 Å². The molecule has 0 unspecified atom stereocenters. The van der Waals surface area contributed by atoms with Crippen molar-refractivity contribution < 1.29 is 9.53 Å². The Hall–Kier alpha value is -1.19. The van der Waals surface area contributed by atoms with E-state index in [1.165, 1.54) is 0 Å². The Bertz CT molecular complexity index is 495. The summed E-state index contributed by atoms with van der Waals surface area (Å²) in [6.45, 7) is 2.55. The molecule has 0 spiro atoms. The molecule has 1 heterocycles. The van der Waals surface area contributed by atoms with Crippen LogP contribution in [0.15, 0.2) is 18.2 Å². The molecular formula is C11H12N2O2Se. The molecule has 16 heavy (non-hydrogen) atoms. The number of benzene rings is 1. The zero-order valence-corrected chi connectivity index (χ0v) is 10.7. The van der Waals surface area contributed by atoms with Crippen molar-refractivity contribution in [1.82, 2.24) is 7.96 Å². The third kappa shape index (κ3) is 2.49. The van der Waals surface area contributed by atoms with Crippen molar-refractivity contribution >= 4 is 32.0 Å². The summed E-state index contributed by atoms with van der Waals surface area (Å²) in [6, 6.07) is 5.32. The number of fused-ring (bicyclic) bond motifs is 1. The number of carbonyl (C=O) groups excluding carboxylic acids is 1. The number of esters is 1. The summed E-state index contributed by atoms with van der Waals surface area (Å²) in [5.74, 6) is -0.272. The molecule has 0 aliphatic rings. The van der Waals surface area contributed by atoms with Crippen molar-refractivity contribution in [2.45, 2.75) is 19.8 Å². The summed E-state index contributed by atoms with van der Waals surface area (Å²) in [6.07, 6.45) is 1.92. The molecule has 5 heteroatoms. The Labute approximate surface area is 99.8 Å². The molecule has 1 aromatic heterocycles. The second-order valence-corrected chi connectivity index (χ2v) is 4.57. The predicted molar refractivity (Wildman–Crippen MR) is 61.7 cm³/mol. The summed E-state index contributed by atoms with van der Waals surface area (Å²) in [5.41, 5.74) is 2.25. The van der Waals surface area contributed by atoms with Gasteiger partial charge in [-0.05, 0) is 0 Å². The zero-order valence-electron chi connectivity index (χ0n) is 8.97. The monoisotopic (exact) mass is 284 g/mol. The molecule has 1 aromatic carbocycles. The number of nitrogens with zero attached hydrogens (tertiary/aromatic N) is 2. The van der Waals surface area contributed by atoms with E-state index >= 15 is 0 Å². The molecule has 84 valence electrons. The van der Waals surface area contributed by atoms with Crippen LogP contribution in [0, 0.1) is 0 Å². The molecule has 0 fully saturated rings. The first-order chi connectivity index (χ1) is 7.81. The van der Waals surface area contributed by atoms with Crippen LogP contribution < -0.4 is 0 Å². The molecule has 2 rings (SSSR count). The van der Waals surface area contributed by atoms with E-state index in [0.717, 1.165) is 23.9 Å². The maximum absolute atomic E-state index is 11.6. The molecule has 2 aromatic rings. The van der Waals surface area contributed by atoms with Crippen molar-refractivity contribution in [1.29, 1.82) is 0 Å². The van der Waals surface area contributed by atoms with E-state index in [-0.39, 0.29) is 20.9 Å². The Kier molecular flexibility index (Phi) is 3.70. The molecule has 0 amide bonds. The normalized spacial score (nSPS) is 10.6. The summed E-state index contributed by atoms with van der Waals surface area (Å²) in [7, 11) is 0. The first-order valence-corrected chi connectivity index (χ1v) is 6.74. The average molecular weight is 283 g/mol. The second kappa shape index (κ2) is 5.23. The average Bonchev–Trinajstić information content (AvgIpc) is 2.76. The van der Waals surface area contributed by atoms with Crippen molar-refractivity contribution in [3.8, 4) is 0 Å². The number of rotatable bonds is 4. The van der Waals surface area contributed by atoms with Gasteiger partial charge < -0.3 is 0 Å². The fourth-order valence-corrected chi connectivity index (χ4v) is 2.39. The van der Waals surface area contributed by atoms with Gasteiger partial charge in [-0.15, -0.1) is 0 Å². The zero-order chi connectivity index (χ0) is 11.4. The molecule has 0 radical (unpaired) electrons. The summed E-state index contributed by atoms with van der Waals surface area (Å²) in [4.78, 5) is 11.6. The Morgan fingerprint density at radius 3 is 3.00 bits per heavy atom. The van der Waals surface area contributed by atoms with Crippen molar-refractivity contribution in [3.05, 3.63) is 23.8 Å². The number of aromatic nitrogens is 2. The van der Waals surface area contributed by atoms with Gasteiger partial charge in [-0.1, -0.05) is 0 Å². The Balaban J connectivity index is 2.10. The molecule has 0 bridgehead atoms. The Morgan fingerprint density at radius 2 is 2.19 bits per heavy atom. The quantitative estimate of drug-likeness (QED) is 0.486. The van der Waals surface area contributed by atoms with Crippen LogP contribution in [0.3, 0.4) is 0 Å². The van der Waals surface area contributed by atoms with E-state index in [0.29, 0.717) is 12.2 Å². The minimum absolute atomic E-state index is 0.0485. The van der Waals surface area contributed by atoms with Crippen LogP contribution in [-0.4, -0.2) is 35.5 Å². The van der Waals surface area contributed by atoms with Gasteiger partial charge in [-0.25, -0.2) is 0 Å². The number of carbonyl (C=O) groups is 1. The van der Waals surface area contributed by atoms with E-state index in [9.17, 15) is 4.79 Å². The van der Waals surface area contributed by atoms with Gasteiger partial charge in [0.25, 0.3) is 0 Å². The van der Waals surface area contributed by atoms with Gasteiger partial charge in [0.1, 0.15) is 0 Å². The van der Waals surface area contributed by atoms with Gasteiger partial charge in [-0.2, -0.15) is 0 Å². The van der Waals surface area contributed by atoms with Crippen LogP contribution >= 0.6 is 0 Å². The maximum atomic E-state index is 11.6. The summed E-state index contributed by atoms with van der Waals surface area (Å²) >= 11 is -0.0485.